The molecule has 0 aliphatic heterocycles. The molecule has 2 aliphatic carbocycles. The van der Waals surface area contributed by atoms with Gasteiger partial charge in [0.05, 0.1) is 6.04 Å². The lowest BCUT2D eigenvalue weighted by molar-refractivity contribution is 0.380. The minimum Gasteiger partial charge on any atom is -0.354 e. The molecule has 0 bridgehead atoms. The van der Waals surface area contributed by atoms with Gasteiger partial charge < -0.3 is 10.2 Å². The summed E-state index contributed by atoms with van der Waals surface area (Å²) in [7, 11) is 2.20. The first-order chi connectivity index (χ1) is 10.8. The Morgan fingerprint density at radius 2 is 1.73 bits per heavy atom. The maximum Gasteiger partial charge on any atom is 0.194 e. The fraction of sp³-hybridized carbons (Fsp3) is 0.889. The summed E-state index contributed by atoms with van der Waals surface area (Å²) >= 11 is 1.69. The predicted octanol–water partition coefficient (Wildman–Crippen LogP) is 3.43. The van der Waals surface area contributed by atoms with Gasteiger partial charge in [-0.25, -0.2) is 4.99 Å². The average Bonchev–Trinajstić information content (AvgIpc) is 2.56. The molecule has 0 heterocycles. The molecular formula is C18H34N3S+. The van der Waals surface area contributed by atoms with Crippen LogP contribution >= 0.6 is 0 Å². The van der Waals surface area contributed by atoms with E-state index in [1.807, 2.05) is 0 Å². The highest BCUT2D eigenvalue weighted by Crippen LogP contribution is 2.21. The largest absolute Gasteiger partial charge is 0.354 e. The minimum atomic E-state index is 0.546. The van der Waals surface area contributed by atoms with Crippen LogP contribution in [-0.4, -0.2) is 48.2 Å². The fourth-order valence-corrected chi connectivity index (χ4v) is 3.90. The van der Waals surface area contributed by atoms with Crippen LogP contribution in [0.1, 0.15) is 70.6 Å². The van der Waals surface area contributed by atoms with Gasteiger partial charge in [-0.2, -0.15) is 0 Å². The lowest BCUT2D eigenvalue weighted by Crippen LogP contribution is -2.46. The van der Waals surface area contributed by atoms with Gasteiger partial charge in [0.25, 0.3) is 0 Å². The Bertz CT molecular complexity index is 344. The van der Waals surface area contributed by atoms with E-state index in [4.69, 9.17) is 4.99 Å². The topological polar surface area (TPSA) is 27.6 Å². The van der Waals surface area contributed by atoms with Crippen LogP contribution in [0.3, 0.4) is 0 Å². The number of nitrogens with one attached hydrogen (secondary N) is 1. The smallest absolute Gasteiger partial charge is 0.194 e. The maximum absolute atomic E-state index is 5.12. The summed E-state index contributed by atoms with van der Waals surface area (Å²) in [6.07, 6.45) is 14.6. The van der Waals surface area contributed by atoms with Crippen molar-refractivity contribution in [2.45, 2.75) is 82.7 Å². The van der Waals surface area contributed by atoms with Crippen molar-refractivity contribution in [1.29, 1.82) is 0 Å². The summed E-state index contributed by atoms with van der Waals surface area (Å²) in [5, 5.41) is 3.78. The molecule has 0 unspecified atom stereocenters. The van der Waals surface area contributed by atoms with E-state index in [-0.39, 0.29) is 0 Å². The van der Waals surface area contributed by atoms with Crippen molar-refractivity contribution in [2.75, 3.05) is 19.3 Å². The van der Waals surface area contributed by atoms with Crippen molar-refractivity contribution in [1.82, 2.24) is 10.2 Å². The molecular weight excluding hydrogens is 290 g/mol. The van der Waals surface area contributed by atoms with Crippen LogP contribution in [0.25, 0.3) is 0 Å². The maximum atomic E-state index is 5.12. The number of hydrogen-bond donors (Lipinski definition) is 1. The van der Waals surface area contributed by atoms with Crippen molar-refractivity contribution in [2.24, 2.45) is 4.99 Å². The molecule has 22 heavy (non-hydrogen) atoms. The highest BCUT2D eigenvalue weighted by molar-refractivity contribution is 7.76. The van der Waals surface area contributed by atoms with Gasteiger partial charge >= 0.3 is 0 Å². The Labute approximate surface area is 140 Å². The molecule has 0 aromatic rings. The molecule has 3 nitrogen and oxygen atoms in total. The summed E-state index contributed by atoms with van der Waals surface area (Å²) < 4.78 is 0. The van der Waals surface area contributed by atoms with Crippen molar-refractivity contribution in [3.8, 4) is 0 Å². The minimum absolute atomic E-state index is 0.546. The number of guanidine groups is 1. The predicted molar refractivity (Wildman–Crippen MR) is 101 cm³/mol. The zero-order valence-corrected chi connectivity index (χ0v) is 15.2. The monoisotopic (exact) mass is 324 g/mol. The SMILES string of the molecule is C=[S+]CCCN(C)C(=NC1CCCCC1)NC1CCCCC1. The third-order valence-corrected chi connectivity index (χ3v) is 5.54. The van der Waals surface area contributed by atoms with Crippen LogP contribution in [0.5, 0.6) is 0 Å². The molecule has 2 saturated carbocycles. The molecule has 0 aromatic heterocycles. The van der Waals surface area contributed by atoms with E-state index in [9.17, 15) is 0 Å². The number of nitrogens with zero attached hydrogens (tertiary/aromatic N) is 2. The van der Waals surface area contributed by atoms with Gasteiger partial charge in [-0.05, 0) is 25.7 Å². The van der Waals surface area contributed by atoms with Crippen molar-refractivity contribution < 1.29 is 0 Å². The Morgan fingerprint density at radius 3 is 2.36 bits per heavy atom. The Hall–Kier alpha value is -0.640. The normalized spacial score (nSPS) is 21.6. The molecule has 2 aliphatic rings. The first-order valence-electron chi connectivity index (χ1n) is 9.22. The van der Waals surface area contributed by atoms with E-state index in [1.165, 1.54) is 70.6 Å². The van der Waals surface area contributed by atoms with E-state index in [2.05, 4.69) is 23.1 Å². The highest BCUT2D eigenvalue weighted by atomic mass is 32.1. The van der Waals surface area contributed by atoms with E-state index in [0.717, 1.165) is 18.3 Å². The lowest BCUT2D eigenvalue weighted by Gasteiger charge is -2.30. The summed E-state index contributed by atoms with van der Waals surface area (Å²) in [5.74, 6) is 6.16. The molecule has 126 valence electrons. The molecule has 0 amide bonds. The van der Waals surface area contributed by atoms with E-state index < -0.39 is 0 Å². The first-order valence-corrected chi connectivity index (χ1v) is 10.4. The molecule has 2 fully saturated rings. The summed E-state index contributed by atoms with van der Waals surface area (Å²) in [5.41, 5.74) is 0. The van der Waals surface area contributed by atoms with E-state index in [1.54, 1.807) is 11.4 Å². The van der Waals surface area contributed by atoms with Gasteiger partial charge in [0.2, 0.25) is 0 Å². The van der Waals surface area contributed by atoms with Gasteiger partial charge in [0.15, 0.2) is 28.9 Å². The molecule has 0 atom stereocenters. The highest BCUT2D eigenvalue weighted by Gasteiger charge is 2.19. The Morgan fingerprint density at radius 1 is 1.09 bits per heavy atom. The van der Waals surface area contributed by atoms with Crippen LogP contribution in [0.15, 0.2) is 4.99 Å². The molecule has 0 saturated heterocycles. The first kappa shape index (κ1) is 17.7. The van der Waals surface area contributed by atoms with Crippen molar-refractivity contribution in [3.05, 3.63) is 0 Å². The van der Waals surface area contributed by atoms with Crippen LogP contribution in [0, 0.1) is 0 Å². The van der Waals surface area contributed by atoms with Crippen LogP contribution in [0.2, 0.25) is 0 Å². The van der Waals surface area contributed by atoms with E-state index in [0.29, 0.717) is 12.1 Å². The third kappa shape index (κ3) is 6.23. The lowest BCUT2D eigenvalue weighted by atomic mass is 9.95. The molecule has 4 heteroatoms. The molecule has 0 spiro atoms. The molecule has 2 rings (SSSR count). The quantitative estimate of drug-likeness (QED) is 0.266. The third-order valence-electron chi connectivity index (χ3n) is 4.96. The average molecular weight is 325 g/mol. The second-order valence-electron chi connectivity index (χ2n) is 6.91. The zero-order valence-electron chi connectivity index (χ0n) is 14.4. The Kier molecular flexibility index (Phi) is 8.21. The summed E-state index contributed by atoms with van der Waals surface area (Å²) in [6, 6.07) is 1.19. The molecule has 0 radical (unpaired) electrons. The summed E-state index contributed by atoms with van der Waals surface area (Å²) in [6.45, 7) is 1.08. The fourth-order valence-electron chi connectivity index (χ4n) is 3.57. The van der Waals surface area contributed by atoms with Crippen LogP contribution in [-0.2, 0) is 11.4 Å². The van der Waals surface area contributed by atoms with Crippen LogP contribution in [0.4, 0.5) is 0 Å². The van der Waals surface area contributed by atoms with Gasteiger partial charge in [0, 0.05) is 26.1 Å². The summed E-state index contributed by atoms with van der Waals surface area (Å²) in [4.78, 5) is 7.46. The molecule has 1 N–H and O–H groups in total. The number of rotatable bonds is 6. The number of hydrogen-bond acceptors (Lipinski definition) is 1. The van der Waals surface area contributed by atoms with Gasteiger partial charge in [-0.15, -0.1) is 0 Å². The molecule has 0 aromatic carbocycles. The zero-order chi connectivity index (χ0) is 15.6. The standard InChI is InChI=1S/C18H34N3S/c1-21(14-9-15-22-2)18(19-16-10-5-3-6-11-16)20-17-12-7-4-8-13-17/h16-17H,2-15H2,1H3,(H,19,20)/q+1. The Balaban J connectivity index is 1.94. The van der Waals surface area contributed by atoms with Crippen LogP contribution < -0.4 is 5.32 Å². The number of aliphatic imine (C=N–C) groups is 1. The second-order valence-corrected chi connectivity index (χ2v) is 7.72. The van der Waals surface area contributed by atoms with Gasteiger partial charge in [-0.3, -0.25) is 0 Å². The van der Waals surface area contributed by atoms with Crippen molar-refractivity contribution >= 4 is 23.2 Å². The van der Waals surface area contributed by atoms with Crippen molar-refractivity contribution in [3.63, 3.8) is 0 Å². The van der Waals surface area contributed by atoms with Gasteiger partial charge in [-0.1, -0.05) is 38.5 Å². The second kappa shape index (κ2) is 10.2. The van der Waals surface area contributed by atoms with E-state index >= 15 is 0 Å². The van der Waals surface area contributed by atoms with Gasteiger partial charge in [0.1, 0.15) is 0 Å².